The van der Waals surface area contributed by atoms with Gasteiger partial charge in [-0.15, -0.1) is 0 Å². The van der Waals surface area contributed by atoms with Crippen LogP contribution in [0.3, 0.4) is 0 Å². The predicted molar refractivity (Wildman–Crippen MR) is 90.4 cm³/mol. The summed E-state index contributed by atoms with van der Waals surface area (Å²) < 4.78 is 32.3. The highest BCUT2D eigenvalue weighted by molar-refractivity contribution is 7.92. The number of benzene rings is 1. The molecule has 2 aromatic rings. The molecule has 1 heterocycles. The number of nitrogens with zero attached hydrogens (tertiary/aromatic N) is 2. The molecule has 0 saturated heterocycles. The Morgan fingerprint density at radius 2 is 1.96 bits per heavy atom. The van der Waals surface area contributed by atoms with Gasteiger partial charge in [0.05, 0.1) is 18.5 Å². The summed E-state index contributed by atoms with van der Waals surface area (Å²) >= 11 is 0. The second-order valence-corrected chi connectivity index (χ2v) is 6.90. The Morgan fingerprint density at radius 1 is 1.25 bits per heavy atom. The molecule has 7 nitrogen and oxygen atoms in total. The minimum atomic E-state index is -3.96. The van der Waals surface area contributed by atoms with Crippen molar-refractivity contribution in [3.63, 3.8) is 0 Å². The van der Waals surface area contributed by atoms with Crippen molar-refractivity contribution >= 4 is 21.7 Å². The fourth-order valence-corrected chi connectivity index (χ4v) is 3.79. The number of hydrogen-bond acceptors (Lipinski definition) is 5. The van der Waals surface area contributed by atoms with Crippen LogP contribution >= 0.6 is 0 Å². The first-order valence-corrected chi connectivity index (χ1v) is 9.24. The maximum absolute atomic E-state index is 13.1. The molecule has 8 heteroatoms. The summed E-state index contributed by atoms with van der Waals surface area (Å²) in [7, 11) is -3.96. The summed E-state index contributed by atoms with van der Waals surface area (Å²) in [6.45, 7) is 4.10. The summed E-state index contributed by atoms with van der Waals surface area (Å²) in [5.74, 6) is -0.715. The smallest absolute Gasteiger partial charge is 0.342 e. The molecule has 24 heavy (non-hydrogen) atoms. The van der Waals surface area contributed by atoms with Crippen LogP contribution in [0.25, 0.3) is 0 Å². The Morgan fingerprint density at radius 3 is 2.58 bits per heavy atom. The van der Waals surface area contributed by atoms with E-state index in [9.17, 15) is 13.2 Å². The van der Waals surface area contributed by atoms with Crippen molar-refractivity contribution in [1.82, 2.24) is 10.2 Å². The van der Waals surface area contributed by atoms with Gasteiger partial charge in [-0.3, -0.25) is 9.40 Å². The molecule has 0 amide bonds. The highest BCUT2D eigenvalue weighted by Gasteiger charge is 2.31. The van der Waals surface area contributed by atoms with Gasteiger partial charge in [0.1, 0.15) is 5.56 Å². The Labute approximate surface area is 141 Å². The van der Waals surface area contributed by atoms with E-state index in [4.69, 9.17) is 4.74 Å². The lowest BCUT2D eigenvalue weighted by Gasteiger charge is -2.23. The van der Waals surface area contributed by atoms with Crippen molar-refractivity contribution < 1.29 is 17.9 Å². The summed E-state index contributed by atoms with van der Waals surface area (Å²) in [6.07, 6.45) is 2.71. The zero-order chi connectivity index (χ0) is 17.6. The fourth-order valence-electron chi connectivity index (χ4n) is 2.22. The molecule has 0 fully saturated rings. The second-order valence-electron chi connectivity index (χ2n) is 5.10. The number of unbranched alkanes of at least 4 members (excludes halogenated alkanes) is 1. The van der Waals surface area contributed by atoms with Gasteiger partial charge in [-0.2, -0.15) is 13.5 Å². The molecular formula is C16H21N3O4S. The Bertz CT molecular complexity index is 772. The monoisotopic (exact) mass is 351 g/mol. The Hall–Kier alpha value is -2.35. The van der Waals surface area contributed by atoms with Crippen LogP contribution in [0.1, 0.15) is 37.0 Å². The van der Waals surface area contributed by atoms with Gasteiger partial charge in [0.15, 0.2) is 5.03 Å². The van der Waals surface area contributed by atoms with E-state index in [1.54, 1.807) is 31.2 Å². The molecule has 0 aliphatic rings. The highest BCUT2D eigenvalue weighted by atomic mass is 32.2. The lowest BCUT2D eigenvalue weighted by molar-refractivity contribution is 0.0522. The average Bonchev–Trinajstić information content (AvgIpc) is 3.07. The molecule has 0 saturated carbocycles. The van der Waals surface area contributed by atoms with Crippen molar-refractivity contribution in [3.8, 4) is 0 Å². The number of H-pyrrole nitrogens is 1. The number of aromatic amines is 1. The molecule has 0 aliphatic carbocycles. The molecule has 0 unspecified atom stereocenters. The van der Waals surface area contributed by atoms with E-state index in [2.05, 4.69) is 10.2 Å². The Balaban J connectivity index is 2.46. The first-order valence-electron chi connectivity index (χ1n) is 7.80. The topological polar surface area (TPSA) is 92.4 Å². The molecule has 0 atom stereocenters. The van der Waals surface area contributed by atoms with Gasteiger partial charge in [0.2, 0.25) is 0 Å². The lowest BCUT2D eigenvalue weighted by atomic mass is 10.3. The maximum Gasteiger partial charge on any atom is 0.342 e. The number of ether oxygens (including phenoxy) is 1. The number of nitrogens with one attached hydrogen (secondary N) is 1. The van der Waals surface area contributed by atoms with Crippen LogP contribution in [-0.2, 0) is 14.8 Å². The molecule has 0 spiro atoms. The zero-order valence-electron chi connectivity index (χ0n) is 13.7. The number of carbonyl (C=O) groups is 1. The van der Waals surface area contributed by atoms with Crippen LogP contribution < -0.4 is 4.31 Å². The summed E-state index contributed by atoms with van der Waals surface area (Å²) in [4.78, 5) is 12.0. The molecule has 1 aromatic heterocycles. The molecule has 130 valence electrons. The number of aromatic nitrogens is 2. The van der Waals surface area contributed by atoms with Crippen molar-refractivity contribution in [3.05, 3.63) is 42.1 Å². The molecule has 2 rings (SSSR count). The van der Waals surface area contributed by atoms with Gasteiger partial charge in [-0.25, -0.2) is 4.79 Å². The summed E-state index contributed by atoms with van der Waals surface area (Å²) in [5.41, 5.74) is 0.449. The second kappa shape index (κ2) is 7.96. The van der Waals surface area contributed by atoms with Gasteiger partial charge in [0.25, 0.3) is 10.0 Å². The van der Waals surface area contributed by atoms with E-state index >= 15 is 0 Å². The van der Waals surface area contributed by atoms with Gasteiger partial charge in [0, 0.05) is 6.54 Å². The molecule has 0 radical (unpaired) electrons. The third-order valence-electron chi connectivity index (χ3n) is 3.41. The molecule has 1 N–H and O–H groups in total. The quantitative estimate of drug-likeness (QED) is 0.738. The van der Waals surface area contributed by atoms with Crippen molar-refractivity contribution in [1.29, 1.82) is 0 Å². The van der Waals surface area contributed by atoms with Crippen LogP contribution in [0.2, 0.25) is 0 Å². The van der Waals surface area contributed by atoms with Crippen LogP contribution in [0, 0.1) is 0 Å². The number of carbonyl (C=O) groups excluding carboxylic acids is 1. The van der Waals surface area contributed by atoms with Crippen LogP contribution in [0.15, 0.2) is 41.6 Å². The molecule has 0 aliphatic heterocycles. The standard InChI is InChI=1S/C16H21N3O4S/c1-3-5-11-19(13-9-7-6-8-10-13)24(21,22)15-14(12-17-18-15)16(20)23-4-2/h6-10,12H,3-5,11H2,1-2H3,(H,17,18). The zero-order valence-corrected chi connectivity index (χ0v) is 14.5. The van der Waals surface area contributed by atoms with E-state index in [1.165, 1.54) is 10.5 Å². The Kier molecular flexibility index (Phi) is 5.97. The van der Waals surface area contributed by atoms with E-state index in [-0.39, 0.29) is 17.2 Å². The van der Waals surface area contributed by atoms with E-state index in [0.717, 1.165) is 6.42 Å². The van der Waals surface area contributed by atoms with Gasteiger partial charge >= 0.3 is 5.97 Å². The molecule has 1 aromatic carbocycles. The number of rotatable bonds is 8. The van der Waals surface area contributed by atoms with E-state index in [0.29, 0.717) is 18.7 Å². The average molecular weight is 351 g/mol. The normalized spacial score (nSPS) is 11.2. The number of anilines is 1. The number of hydrogen-bond donors (Lipinski definition) is 1. The third-order valence-corrected chi connectivity index (χ3v) is 5.21. The SMILES string of the molecule is CCCCN(c1ccccc1)S(=O)(=O)c1[nH]ncc1C(=O)OCC. The minimum absolute atomic E-state index is 0.0886. The molecule has 0 bridgehead atoms. The van der Waals surface area contributed by atoms with Crippen LogP contribution in [0.4, 0.5) is 5.69 Å². The largest absolute Gasteiger partial charge is 0.462 e. The fraction of sp³-hybridized carbons (Fsp3) is 0.375. The lowest BCUT2D eigenvalue weighted by Crippen LogP contribution is -2.33. The predicted octanol–water partition coefficient (Wildman–Crippen LogP) is 2.58. The van der Waals surface area contributed by atoms with Crippen molar-refractivity contribution in [2.45, 2.75) is 31.7 Å². The summed E-state index contributed by atoms with van der Waals surface area (Å²) in [5, 5.41) is 5.90. The van der Waals surface area contributed by atoms with Crippen molar-refractivity contribution in [2.75, 3.05) is 17.5 Å². The van der Waals surface area contributed by atoms with Gasteiger partial charge < -0.3 is 4.74 Å². The van der Waals surface area contributed by atoms with Gasteiger partial charge in [-0.1, -0.05) is 31.5 Å². The number of esters is 1. The van der Waals surface area contributed by atoms with Crippen LogP contribution in [0.5, 0.6) is 0 Å². The van der Waals surface area contributed by atoms with Crippen LogP contribution in [-0.4, -0.2) is 37.7 Å². The summed E-state index contributed by atoms with van der Waals surface area (Å²) in [6, 6.07) is 8.78. The molecular weight excluding hydrogens is 330 g/mol. The number of sulfonamides is 1. The first-order chi connectivity index (χ1) is 11.5. The maximum atomic E-state index is 13.1. The highest BCUT2D eigenvalue weighted by Crippen LogP contribution is 2.25. The van der Waals surface area contributed by atoms with E-state index in [1.807, 2.05) is 13.0 Å². The number of para-hydroxylation sites is 1. The van der Waals surface area contributed by atoms with Gasteiger partial charge in [-0.05, 0) is 25.5 Å². The third kappa shape index (κ3) is 3.76. The first kappa shape index (κ1) is 18.0. The van der Waals surface area contributed by atoms with Crippen molar-refractivity contribution in [2.24, 2.45) is 0 Å². The minimum Gasteiger partial charge on any atom is -0.462 e. The van der Waals surface area contributed by atoms with E-state index < -0.39 is 16.0 Å².